The fourth-order valence-electron chi connectivity index (χ4n) is 6.59. The second-order valence-corrected chi connectivity index (χ2v) is 16.0. The topological polar surface area (TPSA) is 78.9 Å². The molecule has 0 aromatic carbocycles. The third-order valence-electron chi connectivity index (χ3n) is 10.3. The van der Waals surface area contributed by atoms with Crippen LogP contribution in [-0.4, -0.2) is 37.2 Å². The molecule has 0 spiro atoms. The zero-order chi connectivity index (χ0) is 42.3. The molecule has 0 aliphatic rings. The van der Waals surface area contributed by atoms with Crippen molar-refractivity contribution in [2.24, 2.45) is 0 Å². The van der Waals surface area contributed by atoms with Crippen molar-refractivity contribution in [2.45, 2.75) is 239 Å². The van der Waals surface area contributed by atoms with Crippen LogP contribution in [0.25, 0.3) is 0 Å². The summed E-state index contributed by atoms with van der Waals surface area (Å²) in [6, 6.07) is 0. The van der Waals surface area contributed by atoms with Gasteiger partial charge in [-0.15, -0.1) is 0 Å². The Morgan fingerprint density at radius 2 is 0.690 bits per heavy atom. The second-order valence-electron chi connectivity index (χ2n) is 16.0. The van der Waals surface area contributed by atoms with Crippen LogP contribution in [0.1, 0.15) is 233 Å². The summed E-state index contributed by atoms with van der Waals surface area (Å²) >= 11 is 0. The Kier molecular flexibility index (Phi) is 44.5. The van der Waals surface area contributed by atoms with E-state index in [0.29, 0.717) is 19.3 Å². The molecule has 0 amide bonds. The third kappa shape index (κ3) is 44.2. The van der Waals surface area contributed by atoms with Crippen molar-refractivity contribution >= 4 is 17.9 Å². The lowest BCUT2D eigenvalue weighted by molar-refractivity contribution is -0.167. The number of esters is 3. The highest BCUT2D eigenvalue weighted by molar-refractivity contribution is 5.71. The molecule has 0 fully saturated rings. The van der Waals surface area contributed by atoms with E-state index in [9.17, 15) is 14.4 Å². The van der Waals surface area contributed by atoms with Gasteiger partial charge in [0.2, 0.25) is 0 Å². The maximum atomic E-state index is 12.7. The zero-order valence-electron chi connectivity index (χ0n) is 38.0. The van der Waals surface area contributed by atoms with Crippen molar-refractivity contribution in [2.75, 3.05) is 13.2 Å². The van der Waals surface area contributed by atoms with E-state index in [1.54, 1.807) is 0 Å². The Morgan fingerprint density at radius 3 is 1.12 bits per heavy atom. The summed E-state index contributed by atoms with van der Waals surface area (Å²) in [6.45, 7) is 6.45. The average molecular weight is 811 g/mol. The molecule has 0 rings (SSSR count). The van der Waals surface area contributed by atoms with Crippen LogP contribution in [-0.2, 0) is 28.6 Å². The van der Waals surface area contributed by atoms with Gasteiger partial charge in [0.05, 0.1) is 0 Å². The quantitative estimate of drug-likeness (QED) is 0.0264. The van der Waals surface area contributed by atoms with Crippen LogP contribution < -0.4 is 0 Å². The standard InChI is InChI=1S/C52H90O6/c1-4-7-10-13-16-19-22-24-25-26-27-28-31-33-36-39-42-45-51(54)57-48-49(47-56-50(53)44-41-38-35-32-29-21-18-15-12-9-6-3)58-52(55)46-43-40-37-34-30-23-20-17-14-11-8-5-2/h7,10,15-16,18-19,24-25,27-28,49H,4-6,8-9,11-14,17,20-23,26,29-48H2,1-3H3/b10-7-,18-15-,19-16-,25-24-,28-27-/t49-/m0/s1. The first-order valence-corrected chi connectivity index (χ1v) is 24.3. The fourth-order valence-corrected chi connectivity index (χ4v) is 6.59. The van der Waals surface area contributed by atoms with E-state index in [4.69, 9.17) is 14.2 Å². The van der Waals surface area contributed by atoms with Gasteiger partial charge >= 0.3 is 17.9 Å². The van der Waals surface area contributed by atoms with Gasteiger partial charge in [0.25, 0.3) is 0 Å². The molecular formula is C52H90O6. The van der Waals surface area contributed by atoms with Crippen LogP contribution >= 0.6 is 0 Å². The number of rotatable bonds is 43. The van der Waals surface area contributed by atoms with Crippen LogP contribution in [0.15, 0.2) is 60.8 Å². The summed E-state index contributed by atoms with van der Waals surface area (Å²) < 4.78 is 16.7. The van der Waals surface area contributed by atoms with Crippen LogP contribution in [0.4, 0.5) is 0 Å². The summed E-state index contributed by atoms with van der Waals surface area (Å²) in [5.74, 6) is -0.918. The normalized spacial score (nSPS) is 12.5. The van der Waals surface area contributed by atoms with Gasteiger partial charge in [-0.3, -0.25) is 14.4 Å². The maximum absolute atomic E-state index is 12.7. The Labute approximate surface area is 358 Å². The Bertz CT molecular complexity index is 1070. The molecule has 0 saturated heterocycles. The molecule has 0 aliphatic carbocycles. The molecule has 0 aliphatic heterocycles. The molecule has 0 aromatic heterocycles. The molecular weight excluding hydrogens is 721 g/mol. The Hall–Kier alpha value is -2.89. The monoisotopic (exact) mass is 811 g/mol. The number of carbonyl (C=O) groups excluding carboxylic acids is 3. The Balaban J connectivity index is 4.40. The summed E-state index contributed by atoms with van der Waals surface area (Å²) in [5.41, 5.74) is 0. The molecule has 0 saturated carbocycles. The van der Waals surface area contributed by atoms with Gasteiger partial charge in [-0.25, -0.2) is 0 Å². The molecule has 58 heavy (non-hydrogen) atoms. The van der Waals surface area contributed by atoms with Gasteiger partial charge in [-0.05, 0) is 77.0 Å². The van der Waals surface area contributed by atoms with E-state index in [1.165, 1.54) is 89.9 Å². The lowest BCUT2D eigenvalue weighted by atomic mass is 10.0. The fraction of sp³-hybridized carbons (Fsp3) is 0.750. The van der Waals surface area contributed by atoms with Crippen molar-refractivity contribution in [3.05, 3.63) is 60.8 Å². The van der Waals surface area contributed by atoms with Gasteiger partial charge in [0.15, 0.2) is 6.10 Å². The van der Waals surface area contributed by atoms with Gasteiger partial charge in [0.1, 0.15) is 13.2 Å². The van der Waals surface area contributed by atoms with E-state index in [2.05, 4.69) is 81.5 Å². The summed E-state index contributed by atoms with van der Waals surface area (Å²) in [5, 5.41) is 0. The molecule has 0 unspecified atom stereocenters. The molecule has 334 valence electrons. The molecule has 0 heterocycles. The van der Waals surface area contributed by atoms with Crippen LogP contribution in [0, 0.1) is 0 Å². The minimum absolute atomic E-state index is 0.0854. The average Bonchev–Trinajstić information content (AvgIpc) is 3.22. The molecule has 6 heteroatoms. The van der Waals surface area contributed by atoms with Gasteiger partial charge in [0, 0.05) is 19.3 Å². The van der Waals surface area contributed by atoms with Gasteiger partial charge in [-0.1, -0.05) is 197 Å². The molecule has 6 nitrogen and oxygen atoms in total. The van der Waals surface area contributed by atoms with Crippen molar-refractivity contribution in [1.82, 2.24) is 0 Å². The molecule has 0 bridgehead atoms. The minimum Gasteiger partial charge on any atom is -0.462 e. The molecule has 0 N–H and O–H groups in total. The van der Waals surface area contributed by atoms with E-state index >= 15 is 0 Å². The number of allylic oxidation sites excluding steroid dienone is 10. The third-order valence-corrected chi connectivity index (χ3v) is 10.3. The van der Waals surface area contributed by atoms with E-state index in [0.717, 1.165) is 103 Å². The highest BCUT2D eigenvalue weighted by Crippen LogP contribution is 2.14. The number of ether oxygens (including phenoxy) is 3. The van der Waals surface area contributed by atoms with Crippen molar-refractivity contribution in [3.63, 3.8) is 0 Å². The van der Waals surface area contributed by atoms with Crippen LogP contribution in [0.3, 0.4) is 0 Å². The van der Waals surface area contributed by atoms with Crippen molar-refractivity contribution < 1.29 is 28.6 Å². The van der Waals surface area contributed by atoms with Crippen LogP contribution in [0.2, 0.25) is 0 Å². The number of unbranched alkanes of at least 4 members (excludes halogenated alkanes) is 22. The second kappa shape index (κ2) is 46.8. The summed E-state index contributed by atoms with van der Waals surface area (Å²) in [7, 11) is 0. The number of hydrogen-bond donors (Lipinski definition) is 0. The lowest BCUT2D eigenvalue weighted by Crippen LogP contribution is -2.30. The largest absolute Gasteiger partial charge is 0.462 e. The van der Waals surface area contributed by atoms with Crippen molar-refractivity contribution in [1.29, 1.82) is 0 Å². The minimum atomic E-state index is -0.783. The predicted octanol–water partition coefficient (Wildman–Crippen LogP) is 15.7. The van der Waals surface area contributed by atoms with E-state index in [-0.39, 0.29) is 31.1 Å². The van der Waals surface area contributed by atoms with Crippen molar-refractivity contribution in [3.8, 4) is 0 Å². The number of hydrogen-bond acceptors (Lipinski definition) is 6. The summed E-state index contributed by atoms with van der Waals surface area (Å²) in [6.07, 6.45) is 56.3. The SMILES string of the molecule is CC/C=C\C/C=C\C/C=C\C/C=C\CCCCCCC(=O)OC[C@H](COC(=O)CCCCCCC/C=C\CCCC)OC(=O)CCCCCCCCCCCCCC. The van der Waals surface area contributed by atoms with Gasteiger partial charge < -0.3 is 14.2 Å². The number of carbonyl (C=O) groups is 3. The van der Waals surface area contributed by atoms with E-state index < -0.39 is 6.10 Å². The molecule has 1 atom stereocenters. The molecule has 0 radical (unpaired) electrons. The van der Waals surface area contributed by atoms with Gasteiger partial charge in [-0.2, -0.15) is 0 Å². The highest BCUT2D eigenvalue weighted by Gasteiger charge is 2.19. The van der Waals surface area contributed by atoms with Crippen LogP contribution in [0.5, 0.6) is 0 Å². The van der Waals surface area contributed by atoms with E-state index in [1.807, 2.05) is 0 Å². The Morgan fingerprint density at radius 1 is 0.362 bits per heavy atom. The zero-order valence-corrected chi connectivity index (χ0v) is 38.0. The first-order chi connectivity index (χ1) is 28.5. The maximum Gasteiger partial charge on any atom is 0.306 e. The first-order valence-electron chi connectivity index (χ1n) is 24.3. The lowest BCUT2D eigenvalue weighted by Gasteiger charge is -2.18. The first kappa shape index (κ1) is 55.1. The highest BCUT2D eigenvalue weighted by atomic mass is 16.6. The smallest absolute Gasteiger partial charge is 0.306 e. The molecule has 0 aromatic rings. The predicted molar refractivity (Wildman–Crippen MR) is 247 cm³/mol. The summed E-state index contributed by atoms with van der Waals surface area (Å²) in [4.78, 5) is 37.8.